The van der Waals surface area contributed by atoms with Crippen LogP contribution in [0.2, 0.25) is 0 Å². The number of rotatable bonds is 7. The normalized spacial score (nSPS) is 11.5. The Morgan fingerprint density at radius 2 is 1.03 bits per heavy atom. The van der Waals surface area contributed by atoms with Gasteiger partial charge in [-0.25, -0.2) is 0 Å². The quantitative estimate of drug-likeness (QED) is 0.306. The fourth-order valence-electron chi connectivity index (χ4n) is 4.51. The molecular formula is C29H30OSi. The van der Waals surface area contributed by atoms with Crippen LogP contribution in [0.25, 0.3) is 0 Å². The van der Waals surface area contributed by atoms with Crippen LogP contribution in [0.4, 0.5) is 0 Å². The molecule has 0 saturated heterocycles. The Hall–Kier alpha value is -2.94. The molecule has 4 rings (SSSR count). The summed E-state index contributed by atoms with van der Waals surface area (Å²) in [6.45, 7) is 7.29. The zero-order valence-electron chi connectivity index (χ0n) is 18.6. The van der Waals surface area contributed by atoms with Crippen LogP contribution in [0.3, 0.4) is 0 Å². The predicted molar refractivity (Wildman–Crippen MR) is 134 cm³/mol. The molecule has 0 aliphatic carbocycles. The Morgan fingerprint density at radius 1 is 0.548 bits per heavy atom. The molecule has 31 heavy (non-hydrogen) atoms. The first kappa shape index (κ1) is 21.3. The highest BCUT2D eigenvalue weighted by molar-refractivity contribution is 7.07. The summed E-state index contributed by atoms with van der Waals surface area (Å²) in [7, 11) is -2.68. The van der Waals surface area contributed by atoms with Crippen molar-refractivity contribution in [2.75, 3.05) is 6.61 Å². The second kappa shape index (κ2) is 9.46. The van der Waals surface area contributed by atoms with E-state index in [0.29, 0.717) is 6.61 Å². The molecule has 0 N–H and O–H groups in total. The van der Waals surface area contributed by atoms with Crippen molar-refractivity contribution < 1.29 is 4.43 Å². The van der Waals surface area contributed by atoms with Crippen LogP contribution in [0.15, 0.2) is 103 Å². The molecule has 0 atom stereocenters. The topological polar surface area (TPSA) is 9.23 Å². The molecule has 0 fully saturated rings. The van der Waals surface area contributed by atoms with Crippen molar-refractivity contribution in [1.29, 1.82) is 0 Å². The zero-order chi connectivity index (χ0) is 21.7. The summed E-state index contributed by atoms with van der Waals surface area (Å²) in [5.74, 6) is 0. The van der Waals surface area contributed by atoms with E-state index in [1.165, 1.54) is 37.8 Å². The van der Waals surface area contributed by atoms with Gasteiger partial charge in [0.05, 0.1) is 0 Å². The van der Waals surface area contributed by atoms with Gasteiger partial charge in [0.2, 0.25) is 0 Å². The van der Waals surface area contributed by atoms with Gasteiger partial charge in [-0.1, -0.05) is 103 Å². The smallest absolute Gasteiger partial charge is 0.288 e. The molecule has 0 aliphatic heterocycles. The molecule has 0 amide bonds. The van der Waals surface area contributed by atoms with E-state index in [2.05, 4.69) is 124 Å². The first-order chi connectivity index (χ1) is 15.1. The molecule has 0 unspecified atom stereocenters. The van der Waals surface area contributed by atoms with E-state index in [-0.39, 0.29) is 0 Å². The number of hydrogen-bond donors (Lipinski definition) is 0. The molecule has 0 heterocycles. The van der Waals surface area contributed by atoms with E-state index in [4.69, 9.17) is 4.43 Å². The molecular weight excluding hydrogens is 392 g/mol. The molecule has 0 saturated carbocycles. The summed E-state index contributed by atoms with van der Waals surface area (Å²) in [6, 6.07) is 37.0. The number of aryl methyl sites for hydroxylation is 3. The SMILES string of the molecule is Cc1ccccc1CCO[Si](c1ccccc1)(c1ccccc1C)c1ccccc1C. The first-order valence-electron chi connectivity index (χ1n) is 11.0. The van der Waals surface area contributed by atoms with E-state index in [1.54, 1.807) is 0 Å². The Bertz CT molecular complexity index is 1100. The lowest BCUT2D eigenvalue weighted by Gasteiger charge is -2.35. The highest BCUT2D eigenvalue weighted by Gasteiger charge is 2.43. The van der Waals surface area contributed by atoms with Gasteiger partial charge in [-0.05, 0) is 65.0 Å². The van der Waals surface area contributed by atoms with E-state index >= 15 is 0 Å². The van der Waals surface area contributed by atoms with Gasteiger partial charge >= 0.3 is 0 Å². The van der Waals surface area contributed by atoms with Gasteiger partial charge in [-0.3, -0.25) is 0 Å². The minimum Gasteiger partial charge on any atom is -0.404 e. The van der Waals surface area contributed by atoms with Crippen molar-refractivity contribution in [2.45, 2.75) is 27.2 Å². The molecule has 4 aromatic rings. The Kier molecular flexibility index (Phi) is 6.50. The lowest BCUT2D eigenvalue weighted by Crippen LogP contribution is -2.70. The molecule has 2 heteroatoms. The maximum Gasteiger partial charge on any atom is 0.288 e. The summed E-state index contributed by atoms with van der Waals surface area (Å²) in [6.07, 6.45) is 0.909. The van der Waals surface area contributed by atoms with Crippen molar-refractivity contribution in [1.82, 2.24) is 0 Å². The molecule has 4 aromatic carbocycles. The van der Waals surface area contributed by atoms with Crippen molar-refractivity contribution in [3.8, 4) is 0 Å². The molecule has 0 aromatic heterocycles. The second-order valence-corrected chi connectivity index (χ2v) is 11.5. The lowest BCUT2D eigenvalue weighted by atomic mass is 10.1. The maximum absolute atomic E-state index is 7.15. The highest BCUT2D eigenvalue weighted by Crippen LogP contribution is 2.16. The van der Waals surface area contributed by atoms with Crippen molar-refractivity contribution in [2.24, 2.45) is 0 Å². The molecule has 0 spiro atoms. The third kappa shape index (κ3) is 4.27. The van der Waals surface area contributed by atoms with E-state index in [1.807, 2.05) is 0 Å². The van der Waals surface area contributed by atoms with Crippen LogP contribution in [0, 0.1) is 20.8 Å². The molecule has 1 nitrogen and oxygen atoms in total. The molecule has 0 aliphatic rings. The van der Waals surface area contributed by atoms with Gasteiger partial charge in [0.1, 0.15) is 0 Å². The fraction of sp³-hybridized carbons (Fsp3) is 0.172. The van der Waals surface area contributed by atoms with Crippen LogP contribution in [-0.2, 0) is 10.8 Å². The fourth-order valence-corrected chi connectivity index (χ4v) is 8.91. The van der Waals surface area contributed by atoms with Crippen LogP contribution >= 0.6 is 0 Å². The van der Waals surface area contributed by atoms with Gasteiger partial charge in [-0.2, -0.15) is 0 Å². The van der Waals surface area contributed by atoms with Crippen LogP contribution in [-0.4, -0.2) is 14.9 Å². The highest BCUT2D eigenvalue weighted by atomic mass is 28.4. The van der Waals surface area contributed by atoms with Gasteiger partial charge in [0, 0.05) is 6.61 Å². The Labute approximate surface area is 187 Å². The monoisotopic (exact) mass is 422 g/mol. The van der Waals surface area contributed by atoms with Crippen LogP contribution in [0.1, 0.15) is 22.3 Å². The molecule has 156 valence electrons. The minimum absolute atomic E-state index is 0.689. The number of benzene rings is 4. The zero-order valence-corrected chi connectivity index (χ0v) is 19.6. The summed E-state index contributed by atoms with van der Waals surface area (Å²) in [5, 5.41) is 3.96. The van der Waals surface area contributed by atoms with Gasteiger partial charge in [-0.15, -0.1) is 0 Å². The van der Waals surface area contributed by atoms with E-state index < -0.39 is 8.32 Å². The lowest BCUT2D eigenvalue weighted by molar-refractivity contribution is 0.327. The van der Waals surface area contributed by atoms with Gasteiger partial charge in [0.15, 0.2) is 0 Å². The second-order valence-electron chi connectivity index (χ2n) is 8.20. The summed E-state index contributed by atoms with van der Waals surface area (Å²) in [4.78, 5) is 0. The Balaban J connectivity index is 1.87. The largest absolute Gasteiger partial charge is 0.404 e. The summed E-state index contributed by atoms with van der Waals surface area (Å²) < 4.78 is 7.15. The van der Waals surface area contributed by atoms with Crippen molar-refractivity contribution >= 4 is 23.9 Å². The molecule has 0 bridgehead atoms. The first-order valence-corrected chi connectivity index (χ1v) is 12.9. The van der Waals surface area contributed by atoms with E-state index in [0.717, 1.165) is 6.42 Å². The minimum atomic E-state index is -2.68. The van der Waals surface area contributed by atoms with Crippen LogP contribution < -0.4 is 15.6 Å². The van der Waals surface area contributed by atoms with Gasteiger partial charge < -0.3 is 4.43 Å². The standard InChI is InChI=1S/C29H30OSi/c1-23-13-7-10-16-26(23)21-22-30-31(27-17-5-4-6-18-27,28-19-11-8-14-24(28)2)29-20-12-9-15-25(29)3/h4-20H,21-22H2,1-3H3. The Morgan fingerprint density at radius 3 is 1.58 bits per heavy atom. The van der Waals surface area contributed by atoms with Crippen molar-refractivity contribution in [3.63, 3.8) is 0 Å². The summed E-state index contributed by atoms with van der Waals surface area (Å²) >= 11 is 0. The van der Waals surface area contributed by atoms with Crippen molar-refractivity contribution in [3.05, 3.63) is 125 Å². The average molecular weight is 423 g/mol. The average Bonchev–Trinajstić information content (AvgIpc) is 2.80. The predicted octanol–water partition coefficient (Wildman–Crippen LogP) is 4.84. The maximum atomic E-state index is 7.15. The van der Waals surface area contributed by atoms with E-state index in [9.17, 15) is 0 Å². The molecule has 0 radical (unpaired) electrons. The summed E-state index contributed by atoms with van der Waals surface area (Å²) in [5.41, 5.74) is 5.26. The third-order valence-electron chi connectivity index (χ3n) is 6.18. The third-order valence-corrected chi connectivity index (χ3v) is 10.6. The van der Waals surface area contributed by atoms with Gasteiger partial charge in [0.25, 0.3) is 8.32 Å². The number of hydrogen-bond acceptors (Lipinski definition) is 1. The van der Waals surface area contributed by atoms with Crippen LogP contribution in [0.5, 0.6) is 0 Å².